The van der Waals surface area contributed by atoms with Crippen LogP contribution in [0.3, 0.4) is 0 Å². The van der Waals surface area contributed by atoms with E-state index in [0.29, 0.717) is 5.92 Å². The minimum absolute atomic E-state index is 0.0474. The first-order valence-corrected chi connectivity index (χ1v) is 11.2. The molecule has 2 atom stereocenters. The van der Waals surface area contributed by atoms with Gasteiger partial charge in [0, 0.05) is 12.6 Å². The molecule has 1 amide bonds. The summed E-state index contributed by atoms with van der Waals surface area (Å²) in [6.45, 7) is 4.60. The Hall–Kier alpha value is -1.36. The Labute approximate surface area is 151 Å². The van der Waals surface area contributed by atoms with E-state index in [1.165, 1.54) is 19.3 Å². The van der Waals surface area contributed by atoms with Crippen LogP contribution in [-0.2, 0) is 20.4 Å². The molecule has 1 aromatic carbocycles. The molecule has 1 saturated heterocycles. The van der Waals surface area contributed by atoms with Gasteiger partial charge in [-0.2, -0.15) is 0 Å². The number of piperidine rings is 1. The number of fused-ring (bicyclic) bond motifs is 1. The summed E-state index contributed by atoms with van der Waals surface area (Å²) >= 11 is 0. The quantitative estimate of drug-likeness (QED) is 0.824. The molecule has 0 unspecified atom stereocenters. The second-order valence-corrected chi connectivity index (χ2v) is 9.87. The summed E-state index contributed by atoms with van der Waals surface area (Å²) in [6, 6.07) is 6.10. The highest BCUT2D eigenvalue weighted by molar-refractivity contribution is 7.91. The number of sulfone groups is 1. The van der Waals surface area contributed by atoms with Gasteiger partial charge in [-0.05, 0) is 56.6 Å². The lowest BCUT2D eigenvalue weighted by atomic mass is 9.78. The maximum atomic E-state index is 12.8. The van der Waals surface area contributed by atoms with Gasteiger partial charge in [-0.25, -0.2) is 8.42 Å². The molecule has 0 spiro atoms. The topological polar surface area (TPSA) is 54.5 Å². The van der Waals surface area contributed by atoms with Crippen molar-refractivity contribution in [3.8, 4) is 0 Å². The van der Waals surface area contributed by atoms with Crippen LogP contribution in [0, 0.1) is 19.8 Å². The van der Waals surface area contributed by atoms with Crippen molar-refractivity contribution < 1.29 is 13.2 Å². The Bertz CT molecular complexity index is 739. The van der Waals surface area contributed by atoms with Crippen molar-refractivity contribution in [2.75, 3.05) is 12.3 Å². The Morgan fingerprint density at radius 1 is 1.12 bits per heavy atom. The third kappa shape index (κ3) is 4.43. The van der Waals surface area contributed by atoms with E-state index in [0.717, 1.165) is 42.5 Å². The van der Waals surface area contributed by atoms with Gasteiger partial charge >= 0.3 is 0 Å². The summed E-state index contributed by atoms with van der Waals surface area (Å²) < 4.78 is 25.3. The average Bonchev–Trinajstić information content (AvgIpc) is 2.57. The molecular formula is C20H29NO3S. The maximum absolute atomic E-state index is 12.8. The molecule has 25 heavy (non-hydrogen) atoms. The number of nitrogens with zero attached hydrogens (tertiary/aromatic N) is 1. The fourth-order valence-electron chi connectivity index (χ4n) is 4.45. The molecular weight excluding hydrogens is 334 g/mol. The van der Waals surface area contributed by atoms with Crippen molar-refractivity contribution in [3.05, 3.63) is 34.9 Å². The lowest BCUT2D eigenvalue weighted by Gasteiger charge is -2.44. The zero-order valence-electron chi connectivity index (χ0n) is 15.3. The van der Waals surface area contributed by atoms with Crippen molar-refractivity contribution in [3.63, 3.8) is 0 Å². The van der Waals surface area contributed by atoms with Gasteiger partial charge in [0.2, 0.25) is 5.91 Å². The first-order valence-electron chi connectivity index (χ1n) is 9.42. The van der Waals surface area contributed by atoms with Crippen LogP contribution in [-0.4, -0.2) is 37.6 Å². The van der Waals surface area contributed by atoms with E-state index in [2.05, 4.69) is 0 Å². The molecule has 0 radical (unpaired) electrons. The van der Waals surface area contributed by atoms with Crippen LogP contribution in [0.2, 0.25) is 0 Å². The van der Waals surface area contributed by atoms with Gasteiger partial charge in [0.1, 0.15) is 5.75 Å². The summed E-state index contributed by atoms with van der Waals surface area (Å²) in [5, 5.41) is 0. The molecule has 138 valence electrons. The SMILES string of the molecule is Cc1ccc(C)c(CS(=O)(=O)CC(=O)N2CCC[C@H]3CCCC[C@@H]32)c1. The van der Waals surface area contributed by atoms with Gasteiger partial charge in [0.25, 0.3) is 0 Å². The zero-order chi connectivity index (χ0) is 18.0. The van der Waals surface area contributed by atoms with Gasteiger partial charge in [0.15, 0.2) is 9.84 Å². The van der Waals surface area contributed by atoms with Gasteiger partial charge < -0.3 is 4.90 Å². The zero-order valence-corrected chi connectivity index (χ0v) is 16.1. The summed E-state index contributed by atoms with van der Waals surface area (Å²) in [6.07, 6.45) is 6.80. The number of aryl methyl sites for hydroxylation is 2. The first kappa shape index (κ1) is 18.4. The largest absolute Gasteiger partial charge is 0.339 e. The summed E-state index contributed by atoms with van der Waals surface area (Å²) in [5.41, 5.74) is 2.82. The second kappa shape index (κ2) is 7.48. The van der Waals surface area contributed by atoms with E-state index in [9.17, 15) is 13.2 Å². The van der Waals surface area contributed by atoms with E-state index >= 15 is 0 Å². The first-order chi connectivity index (χ1) is 11.9. The number of hydrogen-bond acceptors (Lipinski definition) is 3. The summed E-state index contributed by atoms with van der Waals surface area (Å²) in [5.74, 6) is -0.0206. The lowest BCUT2D eigenvalue weighted by Crippen LogP contribution is -2.51. The minimum atomic E-state index is -3.45. The predicted molar refractivity (Wildman–Crippen MR) is 100 cm³/mol. The molecule has 4 nitrogen and oxygen atoms in total. The van der Waals surface area contributed by atoms with E-state index in [1.54, 1.807) is 0 Å². The van der Waals surface area contributed by atoms with Crippen molar-refractivity contribution in [1.29, 1.82) is 0 Å². The van der Waals surface area contributed by atoms with E-state index in [1.807, 2.05) is 36.9 Å². The van der Waals surface area contributed by atoms with Gasteiger partial charge in [-0.15, -0.1) is 0 Å². The van der Waals surface area contributed by atoms with Crippen molar-refractivity contribution in [2.45, 2.75) is 64.2 Å². The van der Waals surface area contributed by atoms with Crippen LogP contribution in [0.5, 0.6) is 0 Å². The molecule has 5 heteroatoms. The van der Waals surface area contributed by atoms with E-state index in [4.69, 9.17) is 0 Å². The van der Waals surface area contributed by atoms with Gasteiger partial charge in [-0.3, -0.25) is 4.79 Å². The smallest absolute Gasteiger partial charge is 0.238 e. The van der Waals surface area contributed by atoms with Crippen LogP contribution >= 0.6 is 0 Å². The Balaban J connectivity index is 1.69. The third-order valence-corrected chi connectivity index (χ3v) is 7.22. The number of benzene rings is 1. The van der Waals surface area contributed by atoms with Crippen molar-refractivity contribution >= 4 is 15.7 Å². The molecule has 2 aliphatic rings. The molecule has 1 saturated carbocycles. The number of rotatable bonds is 4. The maximum Gasteiger partial charge on any atom is 0.238 e. The molecule has 1 aliphatic carbocycles. The number of carbonyl (C=O) groups is 1. The number of carbonyl (C=O) groups excluding carboxylic acids is 1. The summed E-state index contributed by atoms with van der Waals surface area (Å²) in [4.78, 5) is 14.6. The Morgan fingerprint density at radius 2 is 1.84 bits per heavy atom. The molecule has 1 aromatic rings. The summed E-state index contributed by atoms with van der Waals surface area (Å²) in [7, 11) is -3.45. The highest BCUT2D eigenvalue weighted by Crippen LogP contribution is 2.35. The minimum Gasteiger partial charge on any atom is -0.339 e. The van der Waals surface area contributed by atoms with Gasteiger partial charge in [0.05, 0.1) is 5.75 Å². The molecule has 3 rings (SSSR count). The number of hydrogen-bond donors (Lipinski definition) is 0. The average molecular weight is 364 g/mol. The van der Waals surface area contributed by atoms with Crippen LogP contribution in [0.15, 0.2) is 18.2 Å². The number of likely N-dealkylation sites (tertiary alicyclic amines) is 1. The molecule has 0 N–H and O–H groups in total. The second-order valence-electron chi connectivity index (χ2n) is 7.80. The fourth-order valence-corrected chi connectivity index (χ4v) is 5.88. The van der Waals surface area contributed by atoms with Crippen LogP contribution in [0.1, 0.15) is 55.2 Å². The van der Waals surface area contributed by atoms with Crippen LogP contribution in [0.4, 0.5) is 0 Å². The molecule has 1 aliphatic heterocycles. The van der Waals surface area contributed by atoms with Gasteiger partial charge in [-0.1, -0.05) is 36.6 Å². The lowest BCUT2D eigenvalue weighted by molar-refractivity contribution is -0.134. The molecule has 2 fully saturated rings. The van der Waals surface area contributed by atoms with Crippen LogP contribution in [0.25, 0.3) is 0 Å². The van der Waals surface area contributed by atoms with Crippen LogP contribution < -0.4 is 0 Å². The highest BCUT2D eigenvalue weighted by atomic mass is 32.2. The van der Waals surface area contributed by atoms with E-state index in [-0.39, 0.29) is 23.5 Å². The van der Waals surface area contributed by atoms with Crippen molar-refractivity contribution in [1.82, 2.24) is 4.90 Å². The number of amides is 1. The third-order valence-electron chi connectivity index (χ3n) is 5.79. The Kier molecular flexibility index (Phi) is 5.52. The Morgan fingerprint density at radius 3 is 2.64 bits per heavy atom. The fraction of sp³-hybridized carbons (Fsp3) is 0.650. The van der Waals surface area contributed by atoms with Crippen molar-refractivity contribution in [2.24, 2.45) is 5.92 Å². The predicted octanol–water partition coefficient (Wildman–Crippen LogP) is 3.40. The molecule has 0 aromatic heterocycles. The molecule has 1 heterocycles. The van der Waals surface area contributed by atoms with E-state index < -0.39 is 9.84 Å². The monoisotopic (exact) mass is 363 g/mol. The standard InChI is InChI=1S/C20H29NO3S/c1-15-9-10-16(2)18(12-15)13-25(23,24)14-20(22)21-11-5-7-17-6-3-4-8-19(17)21/h9-10,12,17,19H,3-8,11,13-14H2,1-2H3/t17-,19+/m1/s1. The highest BCUT2D eigenvalue weighted by Gasteiger charge is 2.36. The molecule has 0 bridgehead atoms. The normalized spacial score (nSPS) is 24.0.